The van der Waals surface area contributed by atoms with Crippen molar-refractivity contribution in [1.82, 2.24) is 5.32 Å². The highest BCUT2D eigenvalue weighted by molar-refractivity contribution is 8.14. The molecule has 0 aromatic heterocycles. The van der Waals surface area contributed by atoms with E-state index in [1.807, 2.05) is 13.1 Å². The zero-order valence-electron chi connectivity index (χ0n) is 7.53. The Morgan fingerprint density at radius 1 is 1.38 bits per heavy atom. The highest BCUT2D eigenvalue weighted by atomic mass is 32.2. The predicted molar refractivity (Wildman–Crippen MR) is 58.1 cm³/mol. The Labute approximate surface area is 82.5 Å². The Bertz CT molecular complexity index is 308. The standard InChI is InChI=1S/C10H12N2S/c1-11-10-12-7-9(13-10)8-5-3-2-4-6-8/h2-6,9H,7H2,1H3,(H,11,12). The molecule has 1 atom stereocenters. The maximum Gasteiger partial charge on any atom is 0.156 e. The normalized spacial score (nSPS) is 24.7. The Balaban J connectivity index is 2.13. The zero-order valence-corrected chi connectivity index (χ0v) is 8.34. The third kappa shape index (κ3) is 1.86. The average Bonchev–Trinajstić information content (AvgIpc) is 2.67. The van der Waals surface area contributed by atoms with Crippen LogP contribution in [0.2, 0.25) is 0 Å². The number of amidine groups is 1. The van der Waals surface area contributed by atoms with E-state index in [-0.39, 0.29) is 0 Å². The zero-order chi connectivity index (χ0) is 9.10. The van der Waals surface area contributed by atoms with E-state index in [1.54, 1.807) is 11.8 Å². The molecule has 1 saturated heterocycles. The molecule has 0 amide bonds. The molecule has 3 heteroatoms. The summed E-state index contributed by atoms with van der Waals surface area (Å²) in [7, 11) is 1.82. The van der Waals surface area contributed by atoms with Gasteiger partial charge in [-0.3, -0.25) is 4.99 Å². The molecule has 0 aliphatic carbocycles. The summed E-state index contributed by atoms with van der Waals surface area (Å²) in [6, 6.07) is 10.5. The average molecular weight is 192 g/mol. The lowest BCUT2D eigenvalue weighted by molar-refractivity contribution is 0.881. The minimum absolute atomic E-state index is 0.528. The van der Waals surface area contributed by atoms with E-state index in [4.69, 9.17) is 0 Å². The van der Waals surface area contributed by atoms with Gasteiger partial charge in [0.05, 0.1) is 5.25 Å². The molecule has 1 fully saturated rings. The fourth-order valence-corrected chi connectivity index (χ4v) is 2.38. The van der Waals surface area contributed by atoms with Crippen LogP contribution in [0, 0.1) is 0 Å². The molecule has 1 aliphatic rings. The van der Waals surface area contributed by atoms with Gasteiger partial charge in [0.15, 0.2) is 5.17 Å². The van der Waals surface area contributed by atoms with Gasteiger partial charge in [0.25, 0.3) is 0 Å². The number of thioether (sulfide) groups is 1. The van der Waals surface area contributed by atoms with Gasteiger partial charge >= 0.3 is 0 Å². The van der Waals surface area contributed by atoms with Gasteiger partial charge in [-0.05, 0) is 5.56 Å². The Morgan fingerprint density at radius 3 is 2.77 bits per heavy atom. The van der Waals surface area contributed by atoms with Gasteiger partial charge in [-0.1, -0.05) is 42.1 Å². The minimum atomic E-state index is 0.528. The van der Waals surface area contributed by atoms with Gasteiger partial charge in [0.1, 0.15) is 0 Å². The molecule has 0 saturated carbocycles. The summed E-state index contributed by atoms with van der Waals surface area (Å²) >= 11 is 1.80. The van der Waals surface area contributed by atoms with Crippen LogP contribution in [0.25, 0.3) is 0 Å². The van der Waals surface area contributed by atoms with E-state index in [1.165, 1.54) is 5.56 Å². The van der Waals surface area contributed by atoms with E-state index in [2.05, 4.69) is 34.6 Å². The van der Waals surface area contributed by atoms with Crippen LogP contribution in [-0.4, -0.2) is 18.8 Å². The highest BCUT2D eigenvalue weighted by Crippen LogP contribution is 2.32. The Morgan fingerprint density at radius 2 is 2.15 bits per heavy atom. The fraction of sp³-hybridized carbons (Fsp3) is 0.300. The summed E-state index contributed by atoms with van der Waals surface area (Å²) in [5.74, 6) is 0. The van der Waals surface area contributed by atoms with Gasteiger partial charge in [-0.2, -0.15) is 0 Å². The molecular weight excluding hydrogens is 180 g/mol. The molecule has 1 aromatic carbocycles. The summed E-state index contributed by atoms with van der Waals surface area (Å²) in [5, 5.41) is 4.85. The molecule has 1 aliphatic heterocycles. The van der Waals surface area contributed by atoms with Crippen molar-refractivity contribution in [1.29, 1.82) is 0 Å². The van der Waals surface area contributed by atoms with E-state index in [9.17, 15) is 0 Å². The number of hydrogen-bond donors (Lipinski definition) is 1. The third-order valence-corrected chi connectivity index (χ3v) is 3.34. The van der Waals surface area contributed by atoms with Crippen molar-refractivity contribution < 1.29 is 0 Å². The van der Waals surface area contributed by atoms with Crippen molar-refractivity contribution in [3.05, 3.63) is 35.9 Å². The monoisotopic (exact) mass is 192 g/mol. The highest BCUT2D eigenvalue weighted by Gasteiger charge is 2.21. The van der Waals surface area contributed by atoms with Crippen LogP contribution in [0.5, 0.6) is 0 Å². The van der Waals surface area contributed by atoms with Crippen molar-refractivity contribution >= 4 is 16.9 Å². The van der Waals surface area contributed by atoms with Crippen molar-refractivity contribution in [2.75, 3.05) is 13.6 Å². The van der Waals surface area contributed by atoms with E-state index in [0.717, 1.165) is 11.7 Å². The fourth-order valence-electron chi connectivity index (χ4n) is 1.38. The van der Waals surface area contributed by atoms with Crippen LogP contribution in [0.4, 0.5) is 0 Å². The van der Waals surface area contributed by atoms with E-state index < -0.39 is 0 Å². The number of nitrogens with one attached hydrogen (secondary N) is 1. The van der Waals surface area contributed by atoms with Crippen molar-refractivity contribution in [2.45, 2.75) is 5.25 Å². The maximum absolute atomic E-state index is 4.13. The molecule has 68 valence electrons. The maximum atomic E-state index is 4.13. The van der Waals surface area contributed by atoms with E-state index in [0.29, 0.717) is 5.25 Å². The summed E-state index contributed by atoms with van der Waals surface area (Å²) in [4.78, 5) is 4.13. The molecule has 0 radical (unpaired) electrons. The van der Waals surface area contributed by atoms with Gasteiger partial charge in [0.2, 0.25) is 0 Å². The molecule has 0 spiro atoms. The molecule has 2 rings (SSSR count). The quantitative estimate of drug-likeness (QED) is 0.736. The van der Waals surface area contributed by atoms with Crippen LogP contribution < -0.4 is 5.32 Å². The second-order valence-corrected chi connectivity index (χ2v) is 4.12. The Kier molecular flexibility index (Phi) is 2.54. The smallest absolute Gasteiger partial charge is 0.156 e. The number of nitrogens with zero attached hydrogens (tertiary/aromatic N) is 1. The molecular formula is C10H12N2S. The van der Waals surface area contributed by atoms with Gasteiger partial charge < -0.3 is 5.32 Å². The molecule has 1 unspecified atom stereocenters. The SMILES string of the molecule is CN=C1NCC(c2ccccc2)S1. The first kappa shape index (κ1) is 8.63. The van der Waals surface area contributed by atoms with Crippen LogP contribution in [0.3, 0.4) is 0 Å². The largest absolute Gasteiger partial charge is 0.363 e. The van der Waals surface area contributed by atoms with E-state index >= 15 is 0 Å². The number of benzene rings is 1. The first-order chi connectivity index (χ1) is 6.40. The van der Waals surface area contributed by atoms with Crippen LogP contribution in [0.15, 0.2) is 35.3 Å². The van der Waals surface area contributed by atoms with Crippen molar-refractivity contribution in [2.24, 2.45) is 4.99 Å². The first-order valence-electron chi connectivity index (χ1n) is 4.32. The summed E-state index contributed by atoms with van der Waals surface area (Å²) in [6.45, 7) is 0.987. The topological polar surface area (TPSA) is 24.4 Å². The summed E-state index contributed by atoms with van der Waals surface area (Å²) in [6.07, 6.45) is 0. The number of hydrogen-bond acceptors (Lipinski definition) is 2. The summed E-state index contributed by atoms with van der Waals surface area (Å²) in [5.41, 5.74) is 1.37. The molecule has 13 heavy (non-hydrogen) atoms. The van der Waals surface area contributed by atoms with Crippen molar-refractivity contribution in [3.63, 3.8) is 0 Å². The summed E-state index contributed by atoms with van der Waals surface area (Å²) < 4.78 is 0. The van der Waals surface area contributed by atoms with Gasteiger partial charge in [0, 0.05) is 13.6 Å². The number of rotatable bonds is 1. The van der Waals surface area contributed by atoms with Crippen molar-refractivity contribution in [3.8, 4) is 0 Å². The lowest BCUT2D eigenvalue weighted by atomic mass is 10.1. The predicted octanol–water partition coefficient (Wildman–Crippen LogP) is 2.05. The second kappa shape index (κ2) is 3.83. The van der Waals surface area contributed by atoms with Crippen LogP contribution >= 0.6 is 11.8 Å². The molecule has 0 bridgehead atoms. The number of aliphatic imine (C=N–C) groups is 1. The first-order valence-corrected chi connectivity index (χ1v) is 5.20. The van der Waals surface area contributed by atoms with Gasteiger partial charge in [-0.15, -0.1) is 0 Å². The van der Waals surface area contributed by atoms with Crippen LogP contribution in [-0.2, 0) is 0 Å². The third-order valence-electron chi connectivity index (χ3n) is 2.07. The molecule has 1 N–H and O–H groups in total. The lowest BCUT2D eigenvalue weighted by Gasteiger charge is -2.05. The lowest BCUT2D eigenvalue weighted by Crippen LogP contribution is -2.13. The molecule has 1 aromatic rings. The molecule has 2 nitrogen and oxygen atoms in total. The Hall–Kier alpha value is -0.960. The van der Waals surface area contributed by atoms with Crippen LogP contribution in [0.1, 0.15) is 10.8 Å². The van der Waals surface area contributed by atoms with Gasteiger partial charge in [-0.25, -0.2) is 0 Å². The second-order valence-electron chi connectivity index (χ2n) is 2.93. The minimum Gasteiger partial charge on any atom is -0.363 e. The molecule has 1 heterocycles.